The molecule has 150 valence electrons. The first kappa shape index (κ1) is 21.7. The van der Waals surface area contributed by atoms with Crippen molar-refractivity contribution in [3.05, 3.63) is 57.6 Å². The highest BCUT2D eigenvalue weighted by Crippen LogP contribution is 2.28. The van der Waals surface area contributed by atoms with Gasteiger partial charge in [0.15, 0.2) is 6.61 Å². The number of hydrogen-bond donors (Lipinski definition) is 1. The van der Waals surface area contributed by atoms with Gasteiger partial charge in [0.2, 0.25) is 0 Å². The van der Waals surface area contributed by atoms with Crippen LogP contribution >= 0.6 is 11.8 Å². The van der Waals surface area contributed by atoms with E-state index in [1.54, 1.807) is 44.1 Å². The van der Waals surface area contributed by atoms with Crippen LogP contribution in [0.1, 0.15) is 15.9 Å². The zero-order chi connectivity index (χ0) is 21.6. The van der Waals surface area contributed by atoms with Gasteiger partial charge in [0, 0.05) is 30.7 Å². The molecule has 0 aliphatic carbocycles. The quantitative estimate of drug-likeness (QED) is 0.240. The van der Waals surface area contributed by atoms with Gasteiger partial charge < -0.3 is 15.0 Å². The number of benzene rings is 2. The molecule has 0 aliphatic rings. The van der Waals surface area contributed by atoms with Gasteiger partial charge in [-0.15, -0.1) is 0 Å². The molecule has 0 atom stereocenters. The number of hydrogen-bond acceptors (Lipinski definition) is 8. The molecule has 0 bridgehead atoms. The fraction of sp³-hybridized carbons (Fsp3) is 0.211. The average molecular weight is 414 g/mol. The van der Waals surface area contributed by atoms with Gasteiger partial charge in [-0.05, 0) is 54.6 Å². The van der Waals surface area contributed by atoms with E-state index in [4.69, 9.17) is 10.00 Å². The lowest BCUT2D eigenvalue weighted by Crippen LogP contribution is -2.21. The van der Waals surface area contributed by atoms with Gasteiger partial charge in [-0.1, -0.05) is 0 Å². The SMILES string of the molecule is Cc1cc(SC#N)ccc1NC(=O)COC(=O)c1ccc(N(C)C)c([N+](=O)[O-])c1. The number of nitrogens with one attached hydrogen (secondary N) is 1. The van der Waals surface area contributed by atoms with Crippen molar-refractivity contribution in [2.24, 2.45) is 0 Å². The van der Waals surface area contributed by atoms with Gasteiger partial charge in [0.25, 0.3) is 11.6 Å². The molecule has 2 aromatic rings. The van der Waals surface area contributed by atoms with E-state index in [9.17, 15) is 19.7 Å². The molecule has 0 radical (unpaired) electrons. The number of nitriles is 1. The van der Waals surface area contributed by atoms with E-state index < -0.39 is 23.4 Å². The zero-order valence-corrected chi connectivity index (χ0v) is 16.8. The number of carbonyl (C=O) groups is 2. The van der Waals surface area contributed by atoms with Crippen molar-refractivity contribution in [3.8, 4) is 5.40 Å². The van der Waals surface area contributed by atoms with Crippen LogP contribution in [0.2, 0.25) is 0 Å². The minimum Gasteiger partial charge on any atom is -0.452 e. The Kier molecular flexibility index (Phi) is 7.16. The minimum absolute atomic E-state index is 0.0239. The number of aryl methyl sites for hydroxylation is 1. The van der Waals surface area contributed by atoms with Gasteiger partial charge in [-0.25, -0.2) is 4.79 Å². The fourth-order valence-corrected chi connectivity index (χ4v) is 2.95. The Bertz CT molecular complexity index is 1000. The fourth-order valence-electron chi connectivity index (χ4n) is 2.47. The van der Waals surface area contributed by atoms with Gasteiger partial charge in [0.1, 0.15) is 11.1 Å². The molecule has 2 rings (SSSR count). The molecular weight excluding hydrogens is 396 g/mol. The van der Waals surface area contributed by atoms with E-state index in [1.807, 2.05) is 5.40 Å². The molecule has 29 heavy (non-hydrogen) atoms. The van der Waals surface area contributed by atoms with Crippen LogP contribution in [0.4, 0.5) is 17.1 Å². The number of esters is 1. The predicted octanol–water partition coefficient (Wildman–Crippen LogP) is 3.34. The first-order valence-electron chi connectivity index (χ1n) is 8.32. The molecule has 0 spiro atoms. The molecular formula is C19H18N4O5S. The summed E-state index contributed by atoms with van der Waals surface area (Å²) < 4.78 is 4.96. The maximum atomic E-state index is 12.2. The van der Waals surface area contributed by atoms with E-state index in [0.29, 0.717) is 11.4 Å². The topological polar surface area (TPSA) is 126 Å². The standard InChI is InChI=1S/C19H18N4O5S/c1-12-8-14(29-11-20)5-6-15(12)21-18(24)10-28-19(25)13-4-7-16(22(2)3)17(9-13)23(26)27/h4-9H,10H2,1-3H3,(H,21,24). The van der Waals surface area contributed by atoms with Crippen LogP contribution in [-0.4, -0.2) is 37.5 Å². The van der Waals surface area contributed by atoms with E-state index >= 15 is 0 Å². The Labute approximate surface area is 171 Å². The molecule has 0 fully saturated rings. The predicted molar refractivity (Wildman–Crippen MR) is 109 cm³/mol. The lowest BCUT2D eigenvalue weighted by molar-refractivity contribution is -0.384. The second-order valence-corrected chi connectivity index (χ2v) is 7.01. The van der Waals surface area contributed by atoms with Gasteiger partial charge in [0.05, 0.1) is 10.5 Å². The van der Waals surface area contributed by atoms with Crippen molar-refractivity contribution in [1.29, 1.82) is 5.26 Å². The van der Waals surface area contributed by atoms with Crippen molar-refractivity contribution in [3.63, 3.8) is 0 Å². The number of nitro groups is 1. The van der Waals surface area contributed by atoms with Crippen LogP contribution < -0.4 is 10.2 Å². The summed E-state index contributed by atoms with van der Waals surface area (Å²) >= 11 is 1.01. The van der Waals surface area contributed by atoms with Crippen LogP contribution in [0.25, 0.3) is 0 Å². The van der Waals surface area contributed by atoms with Gasteiger partial charge in [-0.2, -0.15) is 5.26 Å². The number of carbonyl (C=O) groups excluding carboxylic acids is 2. The smallest absolute Gasteiger partial charge is 0.338 e. The van der Waals surface area contributed by atoms with E-state index in [1.165, 1.54) is 12.1 Å². The lowest BCUT2D eigenvalue weighted by Gasteiger charge is -2.13. The van der Waals surface area contributed by atoms with Gasteiger partial charge >= 0.3 is 5.97 Å². The Morgan fingerprint density at radius 1 is 1.28 bits per heavy atom. The number of thiocyanates is 1. The monoisotopic (exact) mass is 414 g/mol. The maximum Gasteiger partial charge on any atom is 0.338 e. The molecule has 0 saturated carbocycles. The summed E-state index contributed by atoms with van der Waals surface area (Å²) in [4.78, 5) is 37.2. The molecule has 1 amide bonds. The summed E-state index contributed by atoms with van der Waals surface area (Å²) in [7, 11) is 3.30. The second-order valence-electron chi connectivity index (χ2n) is 6.15. The molecule has 10 heteroatoms. The zero-order valence-electron chi connectivity index (χ0n) is 16.0. The molecule has 2 aromatic carbocycles. The largest absolute Gasteiger partial charge is 0.452 e. The first-order chi connectivity index (χ1) is 13.7. The van der Waals surface area contributed by atoms with Crippen LogP contribution in [0.5, 0.6) is 0 Å². The molecule has 9 nitrogen and oxygen atoms in total. The third-order valence-electron chi connectivity index (χ3n) is 3.86. The third kappa shape index (κ3) is 5.70. The van der Waals surface area contributed by atoms with E-state index in [2.05, 4.69) is 5.32 Å². The third-order valence-corrected chi connectivity index (χ3v) is 4.44. The van der Waals surface area contributed by atoms with E-state index in [-0.39, 0.29) is 11.3 Å². The summed E-state index contributed by atoms with van der Waals surface area (Å²) in [6, 6.07) is 9.05. The maximum absolute atomic E-state index is 12.2. The van der Waals surface area contributed by atoms with E-state index in [0.717, 1.165) is 28.3 Å². The summed E-state index contributed by atoms with van der Waals surface area (Å²) in [5.41, 5.74) is 1.36. The number of rotatable bonds is 7. The molecule has 0 aliphatic heterocycles. The Morgan fingerprint density at radius 2 is 2.00 bits per heavy atom. The van der Waals surface area contributed by atoms with Crippen LogP contribution in [0.15, 0.2) is 41.3 Å². The van der Waals surface area contributed by atoms with Crippen molar-refractivity contribution in [1.82, 2.24) is 0 Å². The van der Waals surface area contributed by atoms with Gasteiger partial charge in [-0.3, -0.25) is 14.9 Å². The second kappa shape index (κ2) is 9.57. The summed E-state index contributed by atoms with van der Waals surface area (Å²) in [6.07, 6.45) is 0. The highest BCUT2D eigenvalue weighted by Gasteiger charge is 2.20. The average Bonchev–Trinajstić information content (AvgIpc) is 2.67. The van der Waals surface area contributed by atoms with Crippen LogP contribution in [-0.2, 0) is 9.53 Å². The van der Waals surface area contributed by atoms with Crippen molar-refractivity contribution in [2.75, 3.05) is 30.9 Å². The number of thioether (sulfide) groups is 1. The number of amides is 1. The Hall–Kier alpha value is -3.58. The number of nitrogens with zero attached hydrogens (tertiary/aromatic N) is 3. The molecule has 0 aromatic heterocycles. The summed E-state index contributed by atoms with van der Waals surface area (Å²) in [5.74, 6) is -1.40. The lowest BCUT2D eigenvalue weighted by atomic mass is 10.1. The normalized spacial score (nSPS) is 10.0. The first-order valence-corrected chi connectivity index (χ1v) is 9.14. The summed E-state index contributed by atoms with van der Waals surface area (Å²) in [5, 5.41) is 24.5. The number of anilines is 2. The Morgan fingerprint density at radius 3 is 2.59 bits per heavy atom. The summed E-state index contributed by atoms with van der Waals surface area (Å²) in [6.45, 7) is 1.23. The van der Waals surface area contributed by atoms with Crippen LogP contribution in [0.3, 0.4) is 0 Å². The highest BCUT2D eigenvalue weighted by molar-refractivity contribution is 8.03. The Balaban J connectivity index is 2.02. The van der Waals surface area contributed by atoms with Crippen molar-refractivity contribution in [2.45, 2.75) is 11.8 Å². The number of ether oxygens (including phenoxy) is 1. The number of nitro benzene ring substituents is 1. The van der Waals surface area contributed by atoms with Crippen LogP contribution in [0, 0.1) is 27.7 Å². The molecule has 0 saturated heterocycles. The van der Waals surface area contributed by atoms with Crippen molar-refractivity contribution < 1.29 is 19.2 Å². The highest BCUT2D eigenvalue weighted by atomic mass is 32.2. The molecule has 1 N–H and O–H groups in total. The molecule has 0 unspecified atom stereocenters. The van der Waals surface area contributed by atoms with Crippen molar-refractivity contribution >= 4 is 40.7 Å². The minimum atomic E-state index is -0.842. The molecule has 0 heterocycles.